The van der Waals surface area contributed by atoms with Gasteiger partial charge in [0.25, 0.3) is 5.91 Å². The molecule has 0 aliphatic carbocycles. The highest BCUT2D eigenvalue weighted by Gasteiger charge is 2.18. The van der Waals surface area contributed by atoms with Crippen molar-refractivity contribution in [2.75, 3.05) is 36.4 Å². The van der Waals surface area contributed by atoms with Crippen LogP contribution in [0.2, 0.25) is 0 Å². The number of nitrogens with zero attached hydrogens (tertiary/aromatic N) is 2. The molecule has 28 heavy (non-hydrogen) atoms. The van der Waals surface area contributed by atoms with Crippen LogP contribution in [0.15, 0.2) is 48.5 Å². The van der Waals surface area contributed by atoms with Gasteiger partial charge in [0.15, 0.2) is 5.81 Å². The van der Waals surface area contributed by atoms with Crippen LogP contribution in [0.4, 0.5) is 16.2 Å². The number of ether oxygens (including phenoxy) is 1. The molecule has 1 aliphatic rings. The summed E-state index contributed by atoms with van der Waals surface area (Å²) in [6.45, 7) is 4.31. The van der Waals surface area contributed by atoms with E-state index in [4.69, 9.17) is 4.74 Å². The highest BCUT2D eigenvalue weighted by atomic mass is 16.5. The highest BCUT2D eigenvalue weighted by Crippen LogP contribution is 2.19. The van der Waals surface area contributed by atoms with E-state index < -0.39 is 0 Å². The van der Waals surface area contributed by atoms with Gasteiger partial charge in [-0.3, -0.25) is 14.4 Å². The van der Waals surface area contributed by atoms with Crippen molar-refractivity contribution in [1.82, 2.24) is 4.90 Å². The summed E-state index contributed by atoms with van der Waals surface area (Å²) in [4.78, 5) is 38.8. The van der Waals surface area contributed by atoms with Crippen molar-refractivity contribution < 1.29 is 19.1 Å². The van der Waals surface area contributed by atoms with Crippen LogP contribution in [-0.4, -0.2) is 56.6 Å². The van der Waals surface area contributed by atoms with E-state index in [-0.39, 0.29) is 17.7 Å². The zero-order chi connectivity index (χ0) is 20.1. The number of rotatable bonds is 4. The average Bonchev–Trinajstić information content (AvgIpc) is 2.69. The number of hydrogen-bond donors (Lipinski definition) is 1. The summed E-state index contributed by atoms with van der Waals surface area (Å²) in [5, 5.41) is 2.82. The summed E-state index contributed by atoms with van der Waals surface area (Å²) < 4.78 is 4.97. The third kappa shape index (κ3) is 4.91. The van der Waals surface area contributed by atoms with Gasteiger partial charge in [-0.15, -0.1) is 0 Å². The minimum Gasteiger partial charge on any atom is -0.427 e. The molecule has 1 N–H and O–H groups in total. The molecule has 0 atom stereocenters. The van der Waals surface area contributed by atoms with E-state index in [1.165, 1.54) is 6.92 Å². The fourth-order valence-corrected chi connectivity index (χ4v) is 3.08. The Bertz CT molecular complexity index is 860. The lowest BCUT2D eigenvalue weighted by molar-refractivity contribution is -0.131. The molecule has 0 unspecified atom stereocenters. The van der Waals surface area contributed by atoms with Crippen LogP contribution in [0.25, 0.3) is 0 Å². The summed E-state index contributed by atoms with van der Waals surface area (Å²) in [6, 6.07) is 14.0. The maximum Gasteiger partial charge on any atom is 0.308 e. The van der Waals surface area contributed by atoms with Gasteiger partial charge in [0.05, 0.1) is 0 Å². The third-order valence-corrected chi connectivity index (χ3v) is 4.59. The van der Waals surface area contributed by atoms with Crippen molar-refractivity contribution in [3.05, 3.63) is 54.1 Å². The lowest BCUT2D eigenvalue weighted by Gasteiger charge is -2.36. The lowest BCUT2D eigenvalue weighted by Crippen LogP contribution is -2.48. The number of amides is 2. The quantitative estimate of drug-likeness (QED) is 0.498. The number of benzene rings is 2. The lowest BCUT2D eigenvalue weighted by atomic mass is 10.1. The van der Waals surface area contributed by atoms with Crippen LogP contribution in [0, 0.1) is 0 Å². The van der Waals surface area contributed by atoms with Gasteiger partial charge in [-0.2, -0.15) is 0 Å². The summed E-state index contributed by atoms with van der Waals surface area (Å²) in [6.07, 6.45) is 0. The van der Waals surface area contributed by atoms with Gasteiger partial charge in [0.1, 0.15) is 5.75 Å². The topological polar surface area (TPSA) is 79.0 Å². The van der Waals surface area contributed by atoms with E-state index in [1.54, 1.807) is 44.2 Å². The monoisotopic (exact) mass is 379 g/mol. The fourth-order valence-electron chi connectivity index (χ4n) is 3.08. The van der Waals surface area contributed by atoms with E-state index in [0.717, 1.165) is 18.8 Å². The Balaban J connectivity index is 1.58. The summed E-state index contributed by atoms with van der Waals surface area (Å²) in [5.41, 5.74) is 2.20. The first-order chi connectivity index (χ1) is 13.4. The second-order valence-electron chi connectivity index (χ2n) is 6.61. The summed E-state index contributed by atoms with van der Waals surface area (Å²) >= 11 is 0. The smallest absolute Gasteiger partial charge is 0.308 e. The number of esters is 1. The molecule has 2 aromatic carbocycles. The van der Waals surface area contributed by atoms with Crippen LogP contribution in [0.5, 0.6) is 5.75 Å². The molecule has 0 radical (unpaired) electrons. The molecule has 3 rings (SSSR count). The van der Waals surface area contributed by atoms with Crippen LogP contribution < -0.4 is 15.0 Å². The predicted octanol–water partition coefficient (Wildman–Crippen LogP) is 1.74. The Labute approximate surface area is 164 Å². The van der Waals surface area contributed by atoms with Crippen molar-refractivity contribution in [2.24, 2.45) is 0 Å². The molecule has 0 aromatic heterocycles. The minimum atomic E-state index is -0.389. The molecule has 0 spiro atoms. The molecule has 0 saturated carbocycles. The highest BCUT2D eigenvalue weighted by molar-refractivity contribution is 6.56. The van der Waals surface area contributed by atoms with Crippen LogP contribution in [0.3, 0.4) is 0 Å². The SMILES string of the molecule is BC(=O)N1CCN(c2ccc(C(=O)Nc3ccc(OC(C)=O)cc3)cc2)CC1. The van der Waals surface area contributed by atoms with Crippen molar-refractivity contribution in [2.45, 2.75) is 6.92 Å². The van der Waals surface area contributed by atoms with Crippen LogP contribution in [0.1, 0.15) is 17.3 Å². The molecule has 1 aliphatic heterocycles. The largest absolute Gasteiger partial charge is 0.427 e. The zero-order valence-corrected chi connectivity index (χ0v) is 16.0. The van der Waals surface area contributed by atoms with E-state index in [9.17, 15) is 14.4 Å². The molecule has 1 fully saturated rings. The van der Waals surface area contributed by atoms with E-state index in [2.05, 4.69) is 10.2 Å². The average molecular weight is 379 g/mol. The Morgan fingerprint density at radius 1 is 0.929 bits per heavy atom. The Morgan fingerprint density at radius 3 is 2.07 bits per heavy atom. The Kier molecular flexibility index (Phi) is 5.98. The van der Waals surface area contributed by atoms with E-state index in [1.807, 2.05) is 17.0 Å². The molecule has 7 nitrogen and oxygen atoms in total. The van der Waals surface area contributed by atoms with Gasteiger partial charge in [-0.25, -0.2) is 0 Å². The van der Waals surface area contributed by atoms with Crippen molar-refractivity contribution in [3.63, 3.8) is 0 Å². The molecule has 2 aromatic rings. The van der Waals surface area contributed by atoms with Gasteiger partial charge in [-0.1, -0.05) is 0 Å². The number of nitrogens with one attached hydrogen (secondary N) is 1. The van der Waals surface area contributed by atoms with Gasteiger partial charge in [-0.05, 0) is 48.5 Å². The Hall–Kier alpha value is -3.29. The maximum absolute atomic E-state index is 12.4. The first-order valence-corrected chi connectivity index (χ1v) is 9.13. The molecular formula is C20H22BN3O4. The first-order valence-electron chi connectivity index (χ1n) is 9.13. The number of hydrogen-bond acceptors (Lipinski definition) is 5. The zero-order valence-electron chi connectivity index (χ0n) is 16.0. The van der Waals surface area contributed by atoms with Crippen LogP contribution >= 0.6 is 0 Å². The summed E-state index contributed by atoms with van der Waals surface area (Å²) in [5.74, 6) is -0.0694. The van der Waals surface area contributed by atoms with Gasteiger partial charge >= 0.3 is 5.97 Å². The molecule has 8 heteroatoms. The number of piperazine rings is 1. The first kappa shape index (κ1) is 19.5. The van der Waals surface area contributed by atoms with Crippen molar-refractivity contribution in [3.8, 4) is 5.75 Å². The molecular weight excluding hydrogens is 357 g/mol. The van der Waals surface area contributed by atoms with Crippen molar-refractivity contribution >= 4 is 36.9 Å². The molecule has 2 amide bonds. The minimum absolute atomic E-state index is 0.104. The molecule has 1 heterocycles. The number of carbonyl (C=O) groups excluding carboxylic acids is 3. The van der Waals surface area contributed by atoms with Crippen LogP contribution in [-0.2, 0) is 4.79 Å². The molecule has 0 bridgehead atoms. The second-order valence-corrected chi connectivity index (χ2v) is 6.61. The Morgan fingerprint density at radius 2 is 1.54 bits per heavy atom. The number of anilines is 2. The van der Waals surface area contributed by atoms with Gasteiger partial charge in [0, 0.05) is 50.0 Å². The maximum atomic E-state index is 12.4. The molecule has 1 saturated heterocycles. The van der Waals surface area contributed by atoms with Gasteiger partial charge in [0.2, 0.25) is 7.85 Å². The normalized spacial score (nSPS) is 13.8. The van der Waals surface area contributed by atoms with Crippen molar-refractivity contribution in [1.29, 1.82) is 0 Å². The molecule has 144 valence electrons. The number of carbonyl (C=O) groups is 3. The van der Waals surface area contributed by atoms with E-state index >= 15 is 0 Å². The van der Waals surface area contributed by atoms with Gasteiger partial charge < -0.3 is 19.9 Å². The third-order valence-electron chi connectivity index (χ3n) is 4.59. The second kappa shape index (κ2) is 8.60. The fraction of sp³-hybridized carbons (Fsp3) is 0.250. The van der Waals surface area contributed by atoms with E-state index in [0.29, 0.717) is 30.1 Å². The summed E-state index contributed by atoms with van der Waals surface area (Å²) in [7, 11) is 1.59. The standard InChI is InChI=1S/C20H22BN3O4/c1-14(25)28-18-8-4-16(5-9-18)22-19(26)15-2-6-17(7-3-15)23-10-12-24(13-11-23)20(21)27/h2-9H,10-13,21H2,1H3,(H,22,26). The predicted molar refractivity (Wildman–Crippen MR) is 110 cm³/mol.